The molecule has 6 atom stereocenters. The molecular weight excluding hydrogens is 332 g/mol. The SMILES string of the molecule is CO[C@@H]1OC[C@]2(CC/C(=C/CO)CO)[C@H](C)C[C@H](O)[C@@]13C(C)=CCC[C@H]23. The largest absolute Gasteiger partial charge is 0.392 e. The number of hydrogen-bond donors (Lipinski definition) is 3. The third-order valence-corrected chi connectivity index (χ3v) is 7.57. The van der Waals surface area contributed by atoms with Crippen LogP contribution in [-0.4, -0.2) is 54.6 Å². The van der Waals surface area contributed by atoms with Gasteiger partial charge in [-0.25, -0.2) is 0 Å². The molecule has 0 radical (unpaired) electrons. The van der Waals surface area contributed by atoms with Gasteiger partial charge in [0.15, 0.2) is 6.29 Å². The molecule has 5 nitrogen and oxygen atoms in total. The number of aliphatic hydroxyl groups excluding tert-OH is 3. The van der Waals surface area contributed by atoms with Crippen LogP contribution in [0.1, 0.15) is 46.0 Å². The van der Waals surface area contributed by atoms with Crippen LogP contribution in [0.15, 0.2) is 23.3 Å². The second-order valence-corrected chi connectivity index (χ2v) is 8.42. The molecule has 0 aromatic carbocycles. The lowest BCUT2D eigenvalue weighted by atomic mass is 9.43. The van der Waals surface area contributed by atoms with Crippen LogP contribution in [-0.2, 0) is 9.47 Å². The number of methoxy groups -OCH3 is 1. The molecule has 0 unspecified atom stereocenters. The molecule has 1 heterocycles. The van der Waals surface area contributed by atoms with Crippen molar-refractivity contribution in [2.75, 3.05) is 26.9 Å². The fourth-order valence-electron chi connectivity index (χ4n) is 6.17. The predicted molar refractivity (Wildman–Crippen MR) is 99.4 cm³/mol. The highest BCUT2D eigenvalue weighted by Crippen LogP contribution is 2.66. The molecule has 1 saturated carbocycles. The third-order valence-electron chi connectivity index (χ3n) is 7.57. The van der Waals surface area contributed by atoms with E-state index in [4.69, 9.17) is 9.47 Å². The highest BCUT2D eigenvalue weighted by atomic mass is 16.7. The van der Waals surface area contributed by atoms with Crippen LogP contribution >= 0.6 is 0 Å². The van der Waals surface area contributed by atoms with E-state index < -0.39 is 17.8 Å². The third kappa shape index (κ3) is 2.80. The molecule has 0 spiro atoms. The van der Waals surface area contributed by atoms with Gasteiger partial charge in [-0.05, 0) is 56.4 Å². The highest BCUT2D eigenvalue weighted by molar-refractivity contribution is 5.28. The maximum absolute atomic E-state index is 11.2. The molecule has 1 aliphatic heterocycles. The van der Waals surface area contributed by atoms with E-state index in [1.807, 2.05) is 0 Å². The van der Waals surface area contributed by atoms with Crippen molar-refractivity contribution in [1.29, 1.82) is 0 Å². The minimum Gasteiger partial charge on any atom is -0.392 e. The smallest absolute Gasteiger partial charge is 0.169 e. The summed E-state index contributed by atoms with van der Waals surface area (Å²) in [6.07, 6.45) is 7.49. The van der Waals surface area contributed by atoms with Gasteiger partial charge >= 0.3 is 0 Å². The Morgan fingerprint density at radius 3 is 2.85 bits per heavy atom. The summed E-state index contributed by atoms with van der Waals surface area (Å²) in [5.41, 5.74) is 1.55. The van der Waals surface area contributed by atoms with Gasteiger partial charge in [0.25, 0.3) is 0 Å². The van der Waals surface area contributed by atoms with E-state index in [0.29, 0.717) is 18.4 Å². The minimum absolute atomic E-state index is 0.0239. The monoisotopic (exact) mass is 366 g/mol. The Bertz CT molecular complexity index is 571. The van der Waals surface area contributed by atoms with Crippen LogP contribution in [0.5, 0.6) is 0 Å². The molecule has 3 rings (SSSR count). The molecule has 2 aliphatic carbocycles. The van der Waals surface area contributed by atoms with Gasteiger partial charge in [0, 0.05) is 12.5 Å². The fraction of sp³-hybridized carbons (Fsp3) is 0.810. The molecule has 3 N–H and O–H groups in total. The molecule has 3 aliphatic rings. The van der Waals surface area contributed by atoms with Crippen LogP contribution in [0.2, 0.25) is 0 Å². The molecule has 0 aromatic heterocycles. The predicted octanol–water partition coefficient (Wildman–Crippen LogP) is 2.41. The lowest BCUT2D eigenvalue weighted by molar-refractivity contribution is -0.325. The number of rotatable bonds is 6. The van der Waals surface area contributed by atoms with E-state index in [0.717, 1.165) is 37.7 Å². The standard InChI is InChI=1S/C21H34O5/c1-14-5-4-6-17-20(9-7-16(12-23)8-10-22)13-26-19(25-3)21(14,17)18(24)11-15(20)2/h5,8,15,17-19,22-24H,4,6-7,9-13H2,1-3H3/b16-8-/t15-,17-,18+,19-,20-,21+/m1/s1. The first-order chi connectivity index (χ1) is 12.5. The van der Waals surface area contributed by atoms with Gasteiger partial charge in [0.1, 0.15) is 0 Å². The average Bonchev–Trinajstić information content (AvgIpc) is 2.63. The van der Waals surface area contributed by atoms with Gasteiger partial charge in [-0.1, -0.05) is 24.6 Å². The van der Waals surface area contributed by atoms with Crippen molar-refractivity contribution in [3.63, 3.8) is 0 Å². The number of aliphatic hydroxyl groups is 3. The highest BCUT2D eigenvalue weighted by Gasteiger charge is 2.67. The second-order valence-electron chi connectivity index (χ2n) is 8.42. The Labute approximate surface area is 156 Å². The zero-order valence-electron chi connectivity index (χ0n) is 16.3. The fourth-order valence-corrected chi connectivity index (χ4v) is 6.17. The maximum atomic E-state index is 11.2. The minimum atomic E-state index is -0.474. The summed E-state index contributed by atoms with van der Waals surface area (Å²) in [7, 11) is 1.67. The van der Waals surface area contributed by atoms with Crippen molar-refractivity contribution < 1.29 is 24.8 Å². The van der Waals surface area contributed by atoms with Crippen molar-refractivity contribution in [3.05, 3.63) is 23.3 Å². The van der Waals surface area contributed by atoms with E-state index in [1.54, 1.807) is 13.2 Å². The van der Waals surface area contributed by atoms with Crippen molar-refractivity contribution in [1.82, 2.24) is 0 Å². The van der Waals surface area contributed by atoms with Crippen LogP contribution in [0.4, 0.5) is 0 Å². The summed E-state index contributed by atoms with van der Waals surface area (Å²) in [5.74, 6) is 0.625. The molecule has 148 valence electrons. The Kier molecular flexibility index (Phi) is 5.95. The molecule has 5 heteroatoms. The molecular formula is C21H34O5. The van der Waals surface area contributed by atoms with Gasteiger partial charge in [0.2, 0.25) is 0 Å². The molecule has 2 bridgehead atoms. The van der Waals surface area contributed by atoms with Crippen molar-refractivity contribution in [2.24, 2.45) is 22.7 Å². The molecule has 26 heavy (non-hydrogen) atoms. The Morgan fingerprint density at radius 2 is 2.19 bits per heavy atom. The van der Waals surface area contributed by atoms with Crippen molar-refractivity contribution >= 4 is 0 Å². The van der Waals surface area contributed by atoms with E-state index in [9.17, 15) is 15.3 Å². The van der Waals surface area contributed by atoms with Crippen molar-refractivity contribution in [3.8, 4) is 0 Å². The van der Waals surface area contributed by atoms with Crippen LogP contribution in [0, 0.1) is 22.7 Å². The van der Waals surface area contributed by atoms with Crippen LogP contribution in [0.25, 0.3) is 0 Å². The Morgan fingerprint density at radius 1 is 1.42 bits per heavy atom. The summed E-state index contributed by atoms with van der Waals surface area (Å²) in [4.78, 5) is 0. The van der Waals surface area contributed by atoms with E-state index in [2.05, 4.69) is 19.9 Å². The zero-order chi connectivity index (χ0) is 18.9. The summed E-state index contributed by atoms with van der Waals surface area (Å²) in [6, 6.07) is 0. The Balaban J connectivity index is 2.00. The topological polar surface area (TPSA) is 79.2 Å². The van der Waals surface area contributed by atoms with E-state index in [1.165, 1.54) is 5.57 Å². The van der Waals surface area contributed by atoms with E-state index >= 15 is 0 Å². The first kappa shape index (κ1) is 20.0. The van der Waals surface area contributed by atoms with Crippen LogP contribution in [0.3, 0.4) is 0 Å². The summed E-state index contributed by atoms with van der Waals surface area (Å²) in [5, 5.41) is 30.0. The van der Waals surface area contributed by atoms with Gasteiger partial charge < -0.3 is 24.8 Å². The first-order valence-corrected chi connectivity index (χ1v) is 9.86. The summed E-state index contributed by atoms with van der Waals surface area (Å²) in [6.45, 7) is 4.89. The van der Waals surface area contributed by atoms with Gasteiger partial charge in [-0.3, -0.25) is 0 Å². The normalized spacial score (nSPS) is 43.0. The first-order valence-electron chi connectivity index (χ1n) is 9.86. The maximum Gasteiger partial charge on any atom is 0.169 e. The Hall–Kier alpha value is -0.720. The van der Waals surface area contributed by atoms with E-state index in [-0.39, 0.29) is 18.6 Å². The average molecular weight is 366 g/mol. The zero-order valence-corrected chi connectivity index (χ0v) is 16.3. The summed E-state index contributed by atoms with van der Waals surface area (Å²) < 4.78 is 12.0. The van der Waals surface area contributed by atoms with Crippen molar-refractivity contribution in [2.45, 2.75) is 58.3 Å². The molecule has 0 amide bonds. The lowest BCUT2D eigenvalue weighted by Gasteiger charge is -2.66. The second kappa shape index (κ2) is 7.72. The number of ether oxygens (including phenoxy) is 2. The molecule has 1 saturated heterocycles. The van der Waals surface area contributed by atoms with Gasteiger partial charge in [0.05, 0.1) is 31.3 Å². The lowest BCUT2D eigenvalue weighted by Crippen LogP contribution is -2.69. The number of allylic oxidation sites excluding steroid dienone is 1. The molecule has 0 aromatic rings. The quantitative estimate of drug-likeness (QED) is 0.629. The van der Waals surface area contributed by atoms with Gasteiger partial charge in [-0.15, -0.1) is 0 Å². The van der Waals surface area contributed by atoms with Gasteiger partial charge in [-0.2, -0.15) is 0 Å². The molecule has 2 fully saturated rings. The van der Waals surface area contributed by atoms with Crippen LogP contribution < -0.4 is 0 Å². The number of hydrogen-bond acceptors (Lipinski definition) is 5. The summed E-state index contributed by atoms with van der Waals surface area (Å²) >= 11 is 0.